The molecule has 4 heteroatoms. The Balaban J connectivity index is 1.76. The van der Waals surface area contributed by atoms with Gasteiger partial charge in [0.1, 0.15) is 18.5 Å². The normalized spacial score (nSPS) is 31.6. The first-order valence-corrected chi connectivity index (χ1v) is 7.05. The van der Waals surface area contributed by atoms with Crippen LogP contribution in [0, 0.1) is 0 Å². The zero-order chi connectivity index (χ0) is 13.2. The van der Waals surface area contributed by atoms with Crippen molar-refractivity contribution >= 4 is 0 Å². The van der Waals surface area contributed by atoms with Crippen molar-refractivity contribution < 1.29 is 14.6 Å². The van der Waals surface area contributed by atoms with Gasteiger partial charge in [-0.25, -0.2) is 0 Å². The van der Waals surface area contributed by atoms with Crippen molar-refractivity contribution in [1.82, 2.24) is 4.90 Å². The summed E-state index contributed by atoms with van der Waals surface area (Å²) in [6.07, 6.45) is 0.815. The lowest BCUT2D eigenvalue weighted by Gasteiger charge is -2.42. The van der Waals surface area contributed by atoms with Gasteiger partial charge in [-0.15, -0.1) is 0 Å². The average Bonchev–Trinajstić information content (AvgIpc) is 2.48. The van der Waals surface area contributed by atoms with Gasteiger partial charge >= 0.3 is 0 Å². The minimum atomic E-state index is -0.472. The summed E-state index contributed by atoms with van der Waals surface area (Å²) in [6.45, 7) is 5.17. The number of rotatable bonds is 2. The molecule has 0 aromatic heterocycles. The van der Waals surface area contributed by atoms with E-state index in [-0.39, 0.29) is 12.1 Å². The first kappa shape index (κ1) is 12.9. The molecule has 3 atom stereocenters. The van der Waals surface area contributed by atoms with Crippen molar-refractivity contribution in [3.63, 3.8) is 0 Å². The number of benzene rings is 1. The lowest BCUT2D eigenvalue weighted by Crippen LogP contribution is -2.53. The molecule has 1 aromatic carbocycles. The van der Waals surface area contributed by atoms with Gasteiger partial charge in [0, 0.05) is 18.7 Å². The molecule has 2 heterocycles. The summed E-state index contributed by atoms with van der Waals surface area (Å²) in [5, 5.41) is 10.6. The van der Waals surface area contributed by atoms with Crippen molar-refractivity contribution in [3.8, 4) is 5.75 Å². The molecule has 2 aliphatic heterocycles. The largest absolute Gasteiger partial charge is 0.491 e. The molecule has 3 unspecified atom stereocenters. The molecule has 0 saturated carbocycles. The second kappa shape index (κ2) is 5.49. The van der Waals surface area contributed by atoms with E-state index in [1.807, 2.05) is 24.3 Å². The predicted molar refractivity (Wildman–Crippen MR) is 72.3 cm³/mol. The van der Waals surface area contributed by atoms with Crippen molar-refractivity contribution in [1.29, 1.82) is 0 Å². The lowest BCUT2D eigenvalue weighted by molar-refractivity contribution is -0.0800. The second-order valence-electron chi connectivity index (χ2n) is 5.26. The smallest absolute Gasteiger partial charge is 0.125 e. The molecular weight excluding hydrogens is 242 g/mol. The molecule has 0 aliphatic carbocycles. The van der Waals surface area contributed by atoms with Crippen LogP contribution in [0.5, 0.6) is 5.75 Å². The first-order chi connectivity index (χ1) is 9.29. The van der Waals surface area contributed by atoms with E-state index in [4.69, 9.17) is 9.47 Å². The monoisotopic (exact) mass is 263 g/mol. The Labute approximate surface area is 113 Å². The number of morpholine rings is 1. The number of hydrogen-bond donors (Lipinski definition) is 1. The molecule has 0 spiro atoms. The van der Waals surface area contributed by atoms with Crippen LogP contribution in [0.1, 0.15) is 25.0 Å². The van der Waals surface area contributed by atoms with Gasteiger partial charge in [0.25, 0.3) is 0 Å². The van der Waals surface area contributed by atoms with Crippen molar-refractivity contribution in [2.45, 2.75) is 31.6 Å². The lowest BCUT2D eigenvalue weighted by atomic mass is 9.97. The molecule has 1 saturated heterocycles. The molecule has 0 radical (unpaired) electrons. The van der Waals surface area contributed by atoms with Crippen LogP contribution in [0.15, 0.2) is 24.3 Å². The highest BCUT2D eigenvalue weighted by Crippen LogP contribution is 2.34. The number of ether oxygens (including phenoxy) is 2. The first-order valence-electron chi connectivity index (χ1n) is 7.05. The summed E-state index contributed by atoms with van der Waals surface area (Å²) in [6, 6.07) is 7.79. The third-order valence-electron chi connectivity index (χ3n) is 4.11. The molecule has 2 aliphatic rings. The number of aliphatic hydroxyl groups excluding tert-OH is 1. The van der Waals surface area contributed by atoms with E-state index in [2.05, 4.69) is 11.8 Å². The number of fused-ring (bicyclic) bond motifs is 1. The maximum absolute atomic E-state index is 10.6. The van der Waals surface area contributed by atoms with Crippen LogP contribution in [-0.4, -0.2) is 48.5 Å². The minimum Gasteiger partial charge on any atom is -0.491 e. The van der Waals surface area contributed by atoms with Gasteiger partial charge in [-0.2, -0.15) is 0 Å². The topological polar surface area (TPSA) is 41.9 Å². The Morgan fingerprint density at radius 1 is 1.37 bits per heavy atom. The van der Waals surface area contributed by atoms with Crippen LogP contribution >= 0.6 is 0 Å². The van der Waals surface area contributed by atoms with Gasteiger partial charge in [-0.1, -0.05) is 25.1 Å². The summed E-state index contributed by atoms with van der Waals surface area (Å²) in [7, 11) is 0. The van der Waals surface area contributed by atoms with Crippen molar-refractivity contribution in [3.05, 3.63) is 29.8 Å². The zero-order valence-electron chi connectivity index (χ0n) is 11.3. The average molecular weight is 263 g/mol. The van der Waals surface area contributed by atoms with E-state index < -0.39 is 6.10 Å². The fourth-order valence-corrected chi connectivity index (χ4v) is 2.93. The molecule has 104 valence electrons. The Bertz CT molecular complexity index is 437. The Hall–Kier alpha value is -1.10. The van der Waals surface area contributed by atoms with Crippen LogP contribution in [0.3, 0.4) is 0 Å². The van der Waals surface area contributed by atoms with Crippen LogP contribution in [-0.2, 0) is 4.74 Å². The maximum Gasteiger partial charge on any atom is 0.125 e. The molecule has 19 heavy (non-hydrogen) atoms. The summed E-state index contributed by atoms with van der Waals surface area (Å²) < 4.78 is 11.5. The molecule has 0 bridgehead atoms. The van der Waals surface area contributed by atoms with E-state index in [1.165, 1.54) is 0 Å². The Morgan fingerprint density at radius 2 is 2.21 bits per heavy atom. The van der Waals surface area contributed by atoms with Gasteiger partial charge in [0.05, 0.1) is 18.8 Å². The van der Waals surface area contributed by atoms with Gasteiger partial charge in [0.2, 0.25) is 0 Å². The summed E-state index contributed by atoms with van der Waals surface area (Å²) in [4.78, 5) is 2.30. The number of aliphatic hydroxyl groups is 1. The van der Waals surface area contributed by atoms with Crippen LogP contribution < -0.4 is 4.74 Å². The highest BCUT2D eigenvalue weighted by molar-refractivity contribution is 5.37. The molecular formula is C15H21NO3. The number of nitrogens with zero attached hydrogens (tertiary/aromatic N) is 1. The van der Waals surface area contributed by atoms with E-state index >= 15 is 0 Å². The standard InChI is InChI=1S/C15H21NO3/c1-2-11-9-16(7-8-18-11)13-10-19-14-6-4-3-5-12(14)15(13)17/h3-6,11,13,15,17H,2,7-10H2,1H3. The summed E-state index contributed by atoms with van der Waals surface area (Å²) in [5.74, 6) is 0.812. The number of hydrogen-bond acceptors (Lipinski definition) is 4. The number of para-hydroxylation sites is 1. The molecule has 1 fully saturated rings. The molecule has 1 aromatic rings. The highest BCUT2D eigenvalue weighted by atomic mass is 16.5. The fourth-order valence-electron chi connectivity index (χ4n) is 2.93. The zero-order valence-corrected chi connectivity index (χ0v) is 11.3. The van der Waals surface area contributed by atoms with Crippen molar-refractivity contribution in [2.75, 3.05) is 26.3 Å². The van der Waals surface area contributed by atoms with E-state index in [0.29, 0.717) is 6.61 Å². The predicted octanol–water partition coefficient (Wildman–Crippen LogP) is 1.59. The fraction of sp³-hybridized carbons (Fsp3) is 0.600. The van der Waals surface area contributed by atoms with Crippen LogP contribution in [0.4, 0.5) is 0 Å². The molecule has 0 amide bonds. The second-order valence-corrected chi connectivity index (χ2v) is 5.26. The van der Waals surface area contributed by atoms with Crippen LogP contribution in [0.2, 0.25) is 0 Å². The quantitative estimate of drug-likeness (QED) is 0.880. The van der Waals surface area contributed by atoms with Crippen molar-refractivity contribution in [2.24, 2.45) is 0 Å². The molecule has 1 N–H and O–H groups in total. The summed E-state index contributed by atoms with van der Waals surface area (Å²) in [5.41, 5.74) is 0.901. The molecule has 3 rings (SSSR count). The van der Waals surface area contributed by atoms with E-state index in [9.17, 15) is 5.11 Å². The third-order valence-corrected chi connectivity index (χ3v) is 4.11. The van der Waals surface area contributed by atoms with Gasteiger partial charge < -0.3 is 14.6 Å². The SMILES string of the molecule is CCC1CN(C2COc3ccccc3C2O)CCO1. The van der Waals surface area contributed by atoms with Gasteiger partial charge in [-0.3, -0.25) is 4.90 Å². The van der Waals surface area contributed by atoms with Gasteiger partial charge in [-0.05, 0) is 12.5 Å². The van der Waals surface area contributed by atoms with E-state index in [1.54, 1.807) is 0 Å². The summed E-state index contributed by atoms with van der Waals surface area (Å²) >= 11 is 0. The van der Waals surface area contributed by atoms with E-state index in [0.717, 1.165) is 37.4 Å². The maximum atomic E-state index is 10.6. The van der Waals surface area contributed by atoms with Gasteiger partial charge in [0.15, 0.2) is 0 Å². The Morgan fingerprint density at radius 3 is 3.05 bits per heavy atom. The molecule has 4 nitrogen and oxygen atoms in total. The Kier molecular flexibility index (Phi) is 3.73. The highest BCUT2D eigenvalue weighted by Gasteiger charge is 2.35. The minimum absolute atomic E-state index is 0.0350. The van der Waals surface area contributed by atoms with Crippen LogP contribution in [0.25, 0.3) is 0 Å². The third kappa shape index (κ3) is 2.48.